The molecule has 44 heavy (non-hydrogen) atoms. The zero-order valence-corrected chi connectivity index (χ0v) is 25.3. The third-order valence-corrected chi connectivity index (χ3v) is 7.86. The molecule has 0 spiro atoms. The number of cyclic esters (lactones) is 1. The van der Waals surface area contributed by atoms with Crippen LogP contribution in [0.3, 0.4) is 0 Å². The van der Waals surface area contributed by atoms with Gasteiger partial charge in [0.1, 0.15) is 31.0 Å². The van der Waals surface area contributed by atoms with Gasteiger partial charge < -0.3 is 23.7 Å². The second kappa shape index (κ2) is 14.6. The summed E-state index contributed by atoms with van der Waals surface area (Å²) in [5.41, 5.74) is 3.25. The summed E-state index contributed by atoms with van der Waals surface area (Å²) >= 11 is 0. The number of methoxy groups -OCH3 is 2. The standard InChI is InChI=1S/C37H38O7/c1-40-34-21-27(13-15-32(34)42-25-29-9-5-3-6-10-29)17-19-37(24-31(38)23-36(39)44-37)20-18-28-14-16-33(35(22-28)41-2)43-26-30-11-7-4-8-12-30/h3-16,21-22H,17-20,23-26H2,1-2H3. The molecule has 4 aromatic rings. The van der Waals surface area contributed by atoms with E-state index in [1.165, 1.54) is 0 Å². The molecule has 0 radical (unpaired) electrons. The lowest BCUT2D eigenvalue weighted by Gasteiger charge is -2.36. The average molecular weight is 595 g/mol. The summed E-state index contributed by atoms with van der Waals surface area (Å²) in [6.45, 7) is 0.866. The van der Waals surface area contributed by atoms with Gasteiger partial charge in [0.15, 0.2) is 23.0 Å². The van der Waals surface area contributed by atoms with Crippen LogP contribution in [0.4, 0.5) is 0 Å². The first-order valence-electron chi connectivity index (χ1n) is 14.9. The van der Waals surface area contributed by atoms with Gasteiger partial charge in [-0.15, -0.1) is 0 Å². The monoisotopic (exact) mass is 594 g/mol. The summed E-state index contributed by atoms with van der Waals surface area (Å²) in [5.74, 6) is 2.01. The number of ketones is 1. The number of ether oxygens (including phenoxy) is 5. The van der Waals surface area contributed by atoms with Gasteiger partial charge in [-0.1, -0.05) is 72.8 Å². The van der Waals surface area contributed by atoms with Gasteiger partial charge in [0.05, 0.1) is 14.2 Å². The zero-order valence-electron chi connectivity index (χ0n) is 25.3. The lowest BCUT2D eigenvalue weighted by atomic mass is 9.82. The Morgan fingerprint density at radius 3 is 1.52 bits per heavy atom. The Kier molecular flexibility index (Phi) is 10.2. The van der Waals surface area contributed by atoms with Crippen molar-refractivity contribution in [1.29, 1.82) is 0 Å². The topological polar surface area (TPSA) is 80.3 Å². The minimum absolute atomic E-state index is 0.0919. The van der Waals surface area contributed by atoms with E-state index in [-0.39, 0.29) is 18.6 Å². The maximum atomic E-state index is 12.6. The van der Waals surface area contributed by atoms with Crippen LogP contribution < -0.4 is 18.9 Å². The van der Waals surface area contributed by atoms with Gasteiger partial charge in [-0.3, -0.25) is 9.59 Å². The SMILES string of the molecule is COc1cc(CCC2(CCc3ccc(OCc4ccccc4)c(OC)c3)CC(=O)CC(=O)O2)ccc1OCc1ccccc1. The molecule has 1 fully saturated rings. The molecule has 5 rings (SSSR count). The maximum absolute atomic E-state index is 12.6. The fraction of sp³-hybridized carbons (Fsp3) is 0.297. The van der Waals surface area contributed by atoms with Gasteiger partial charge >= 0.3 is 5.97 Å². The summed E-state index contributed by atoms with van der Waals surface area (Å²) < 4.78 is 29.2. The van der Waals surface area contributed by atoms with E-state index in [4.69, 9.17) is 23.7 Å². The number of hydrogen-bond donors (Lipinski definition) is 0. The number of rotatable bonds is 14. The second-order valence-corrected chi connectivity index (χ2v) is 11.1. The lowest BCUT2D eigenvalue weighted by molar-refractivity contribution is -0.172. The summed E-state index contributed by atoms with van der Waals surface area (Å²) in [6.07, 6.45) is 2.24. The van der Waals surface area contributed by atoms with Crippen molar-refractivity contribution >= 4 is 11.8 Å². The van der Waals surface area contributed by atoms with Crippen molar-refractivity contribution in [3.8, 4) is 23.0 Å². The zero-order chi connectivity index (χ0) is 30.8. The molecule has 0 aromatic heterocycles. The Morgan fingerprint density at radius 1 is 0.614 bits per heavy atom. The Hall–Kier alpha value is -4.78. The number of hydrogen-bond acceptors (Lipinski definition) is 7. The number of carbonyl (C=O) groups is 2. The van der Waals surface area contributed by atoms with Crippen molar-refractivity contribution in [1.82, 2.24) is 0 Å². The molecule has 0 unspecified atom stereocenters. The Morgan fingerprint density at radius 2 is 1.09 bits per heavy atom. The van der Waals surface area contributed by atoms with Crippen LogP contribution in [-0.4, -0.2) is 31.6 Å². The molecule has 1 heterocycles. The minimum Gasteiger partial charge on any atom is -0.493 e. The number of aryl methyl sites for hydroxylation is 2. The number of Topliss-reactive ketones (excluding diaryl/α,β-unsaturated/α-hetero) is 1. The quantitative estimate of drug-likeness (QED) is 0.114. The summed E-state index contributed by atoms with van der Waals surface area (Å²) in [6, 6.07) is 31.6. The first-order valence-corrected chi connectivity index (χ1v) is 14.9. The van der Waals surface area contributed by atoms with Gasteiger partial charge in [-0.05, 0) is 72.2 Å². The fourth-order valence-corrected chi connectivity index (χ4v) is 5.49. The Balaban J connectivity index is 1.25. The first kappa shape index (κ1) is 30.7. The Bertz CT molecular complexity index is 1430. The summed E-state index contributed by atoms with van der Waals surface area (Å²) in [5, 5.41) is 0. The summed E-state index contributed by atoms with van der Waals surface area (Å²) in [4.78, 5) is 25.1. The predicted molar refractivity (Wildman–Crippen MR) is 167 cm³/mol. The van der Waals surface area contributed by atoms with Crippen LogP contribution in [0.1, 0.15) is 47.9 Å². The van der Waals surface area contributed by atoms with Gasteiger partial charge in [-0.25, -0.2) is 0 Å². The van der Waals surface area contributed by atoms with Crippen LogP contribution >= 0.6 is 0 Å². The molecule has 0 bridgehead atoms. The number of carbonyl (C=O) groups excluding carboxylic acids is 2. The van der Waals surface area contributed by atoms with E-state index in [1.807, 2.05) is 97.1 Å². The molecule has 1 saturated heterocycles. The summed E-state index contributed by atoms with van der Waals surface area (Å²) in [7, 11) is 3.23. The lowest BCUT2D eigenvalue weighted by Crippen LogP contribution is -2.43. The molecule has 0 aliphatic carbocycles. The molecule has 0 N–H and O–H groups in total. The highest BCUT2D eigenvalue weighted by atomic mass is 16.6. The highest BCUT2D eigenvalue weighted by Crippen LogP contribution is 2.36. The smallest absolute Gasteiger partial charge is 0.313 e. The Labute approximate surface area is 258 Å². The van der Waals surface area contributed by atoms with Crippen molar-refractivity contribution in [3.05, 3.63) is 119 Å². The van der Waals surface area contributed by atoms with E-state index in [0.29, 0.717) is 61.9 Å². The van der Waals surface area contributed by atoms with Gasteiger partial charge in [0.2, 0.25) is 0 Å². The third kappa shape index (κ3) is 8.19. The van der Waals surface area contributed by atoms with Crippen LogP contribution in [-0.2, 0) is 40.4 Å². The van der Waals surface area contributed by atoms with Crippen LogP contribution in [0.15, 0.2) is 97.1 Å². The van der Waals surface area contributed by atoms with Crippen molar-refractivity contribution in [2.45, 2.75) is 57.3 Å². The van der Waals surface area contributed by atoms with Gasteiger partial charge in [0.25, 0.3) is 0 Å². The van der Waals surface area contributed by atoms with E-state index in [0.717, 1.165) is 22.3 Å². The van der Waals surface area contributed by atoms with Crippen LogP contribution in [0.2, 0.25) is 0 Å². The van der Waals surface area contributed by atoms with Crippen molar-refractivity contribution in [2.75, 3.05) is 14.2 Å². The van der Waals surface area contributed by atoms with E-state index in [9.17, 15) is 9.59 Å². The molecule has 1 aliphatic heterocycles. The average Bonchev–Trinajstić information content (AvgIpc) is 3.05. The van der Waals surface area contributed by atoms with Crippen molar-refractivity contribution < 1.29 is 33.3 Å². The molecule has 7 heteroatoms. The molecule has 7 nitrogen and oxygen atoms in total. The van der Waals surface area contributed by atoms with E-state index in [1.54, 1.807) is 14.2 Å². The second-order valence-electron chi connectivity index (χ2n) is 11.1. The van der Waals surface area contributed by atoms with Crippen molar-refractivity contribution in [3.63, 3.8) is 0 Å². The highest BCUT2D eigenvalue weighted by molar-refractivity contribution is 5.98. The van der Waals surface area contributed by atoms with Crippen LogP contribution in [0, 0.1) is 0 Å². The van der Waals surface area contributed by atoms with E-state index < -0.39 is 11.6 Å². The van der Waals surface area contributed by atoms with Crippen LogP contribution in [0.5, 0.6) is 23.0 Å². The molecular weight excluding hydrogens is 556 g/mol. The first-order chi connectivity index (χ1) is 21.4. The molecule has 0 saturated carbocycles. The normalized spacial score (nSPS) is 14.0. The van der Waals surface area contributed by atoms with Gasteiger partial charge in [-0.2, -0.15) is 0 Å². The fourth-order valence-electron chi connectivity index (χ4n) is 5.49. The van der Waals surface area contributed by atoms with E-state index >= 15 is 0 Å². The van der Waals surface area contributed by atoms with Crippen LogP contribution in [0.25, 0.3) is 0 Å². The molecule has 4 aromatic carbocycles. The van der Waals surface area contributed by atoms with Crippen molar-refractivity contribution in [2.24, 2.45) is 0 Å². The molecule has 228 valence electrons. The third-order valence-electron chi connectivity index (χ3n) is 7.86. The van der Waals surface area contributed by atoms with Gasteiger partial charge in [0, 0.05) is 6.42 Å². The number of esters is 1. The molecular formula is C37H38O7. The molecule has 0 atom stereocenters. The maximum Gasteiger partial charge on any atom is 0.313 e. The predicted octanol–water partition coefficient (Wildman–Crippen LogP) is 7.07. The minimum atomic E-state index is -0.891. The van der Waals surface area contributed by atoms with E-state index in [2.05, 4.69) is 0 Å². The highest BCUT2D eigenvalue weighted by Gasteiger charge is 2.40. The molecule has 0 amide bonds. The molecule has 1 aliphatic rings. The number of benzene rings is 4. The largest absolute Gasteiger partial charge is 0.493 e.